The lowest BCUT2D eigenvalue weighted by Gasteiger charge is -2.30. The Morgan fingerprint density at radius 1 is 1.40 bits per heavy atom. The molecule has 1 N–H and O–H groups in total. The van der Waals surface area contributed by atoms with Crippen molar-refractivity contribution in [3.63, 3.8) is 0 Å². The summed E-state index contributed by atoms with van der Waals surface area (Å²) in [6.45, 7) is 15.2. The molecule has 15 heavy (non-hydrogen) atoms. The molecular weight excluding hydrogens is 182 g/mol. The lowest BCUT2D eigenvalue weighted by atomic mass is 9.82. The van der Waals surface area contributed by atoms with Crippen LogP contribution < -0.4 is 5.32 Å². The van der Waals surface area contributed by atoms with Gasteiger partial charge in [-0.05, 0) is 36.6 Å². The van der Waals surface area contributed by atoms with E-state index in [4.69, 9.17) is 0 Å². The summed E-state index contributed by atoms with van der Waals surface area (Å²) in [5, 5.41) is 3.83. The molecule has 0 aromatic rings. The molecule has 0 amide bonds. The quantitative estimate of drug-likeness (QED) is 0.728. The van der Waals surface area contributed by atoms with Gasteiger partial charge in [0.25, 0.3) is 0 Å². The smallest absolute Gasteiger partial charge is 0.0211 e. The standard InChI is InChI=1S/C14H29N/c1-7-8-14(9-11(14)2)15-10-12(3)13(4,5)6/h11-12,15H,7-10H2,1-6H3/t11?,12-,14?/m1/s1. The zero-order valence-electron chi connectivity index (χ0n) is 11.5. The van der Waals surface area contributed by atoms with Crippen LogP contribution in [0.3, 0.4) is 0 Å². The van der Waals surface area contributed by atoms with Crippen LogP contribution in [0.5, 0.6) is 0 Å². The van der Waals surface area contributed by atoms with Gasteiger partial charge in [-0.3, -0.25) is 0 Å². The Morgan fingerprint density at radius 3 is 2.27 bits per heavy atom. The molecule has 0 saturated heterocycles. The molecule has 0 spiro atoms. The molecule has 0 bridgehead atoms. The number of hydrogen-bond donors (Lipinski definition) is 1. The molecule has 1 fully saturated rings. The number of nitrogens with one attached hydrogen (secondary N) is 1. The Kier molecular flexibility index (Phi) is 3.86. The fourth-order valence-corrected chi connectivity index (χ4v) is 2.28. The Balaban J connectivity index is 2.36. The molecular formula is C14H29N. The third kappa shape index (κ3) is 3.21. The summed E-state index contributed by atoms with van der Waals surface area (Å²) in [5.41, 5.74) is 0.937. The maximum absolute atomic E-state index is 3.83. The van der Waals surface area contributed by atoms with Crippen LogP contribution in [0.1, 0.15) is 60.8 Å². The third-order valence-corrected chi connectivity index (χ3v) is 4.39. The van der Waals surface area contributed by atoms with E-state index < -0.39 is 0 Å². The van der Waals surface area contributed by atoms with E-state index in [0.717, 1.165) is 11.8 Å². The lowest BCUT2D eigenvalue weighted by Crippen LogP contribution is -2.39. The molecule has 2 unspecified atom stereocenters. The molecule has 1 heteroatoms. The zero-order chi connectivity index (χ0) is 11.7. The molecule has 3 atom stereocenters. The van der Waals surface area contributed by atoms with Crippen molar-refractivity contribution in [1.29, 1.82) is 0 Å². The van der Waals surface area contributed by atoms with E-state index in [1.54, 1.807) is 0 Å². The van der Waals surface area contributed by atoms with Gasteiger partial charge in [0.05, 0.1) is 0 Å². The van der Waals surface area contributed by atoms with E-state index in [-0.39, 0.29) is 0 Å². The summed E-state index contributed by atoms with van der Waals surface area (Å²) in [6.07, 6.45) is 4.05. The highest BCUT2D eigenvalue weighted by Gasteiger charge is 2.49. The van der Waals surface area contributed by atoms with Gasteiger partial charge in [0.2, 0.25) is 0 Å². The Morgan fingerprint density at radius 2 is 1.93 bits per heavy atom. The van der Waals surface area contributed by atoms with Crippen molar-refractivity contribution < 1.29 is 0 Å². The van der Waals surface area contributed by atoms with Crippen molar-refractivity contribution in [2.24, 2.45) is 17.3 Å². The van der Waals surface area contributed by atoms with Gasteiger partial charge in [0.1, 0.15) is 0 Å². The maximum Gasteiger partial charge on any atom is 0.0211 e. The molecule has 1 aliphatic carbocycles. The second-order valence-electron chi connectivity index (χ2n) is 6.66. The van der Waals surface area contributed by atoms with Gasteiger partial charge in [0, 0.05) is 5.54 Å². The van der Waals surface area contributed by atoms with Crippen LogP contribution in [0.15, 0.2) is 0 Å². The van der Waals surface area contributed by atoms with E-state index in [0.29, 0.717) is 11.0 Å². The SMILES string of the molecule is CCCC1(NC[C@@H](C)C(C)(C)C)CC1C. The average molecular weight is 211 g/mol. The Hall–Kier alpha value is -0.0400. The minimum atomic E-state index is 0.429. The predicted octanol–water partition coefficient (Wildman–Crippen LogP) is 3.84. The van der Waals surface area contributed by atoms with Gasteiger partial charge in [-0.25, -0.2) is 0 Å². The first-order valence-corrected chi connectivity index (χ1v) is 6.57. The fraction of sp³-hybridized carbons (Fsp3) is 1.00. The molecule has 1 aliphatic rings. The third-order valence-electron chi connectivity index (χ3n) is 4.39. The van der Waals surface area contributed by atoms with Crippen LogP contribution in [-0.2, 0) is 0 Å². The molecule has 90 valence electrons. The van der Waals surface area contributed by atoms with E-state index in [2.05, 4.69) is 46.9 Å². The van der Waals surface area contributed by atoms with E-state index in [1.165, 1.54) is 25.8 Å². The van der Waals surface area contributed by atoms with Crippen molar-refractivity contribution in [1.82, 2.24) is 5.32 Å². The molecule has 0 aliphatic heterocycles. The van der Waals surface area contributed by atoms with Gasteiger partial charge < -0.3 is 5.32 Å². The molecule has 0 heterocycles. The highest BCUT2D eigenvalue weighted by Crippen LogP contribution is 2.46. The van der Waals surface area contributed by atoms with Crippen molar-refractivity contribution in [3.05, 3.63) is 0 Å². The zero-order valence-corrected chi connectivity index (χ0v) is 11.5. The lowest BCUT2D eigenvalue weighted by molar-refractivity contribution is 0.237. The summed E-state index contributed by atoms with van der Waals surface area (Å²) in [5.74, 6) is 1.64. The maximum atomic E-state index is 3.83. The second-order valence-corrected chi connectivity index (χ2v) is 6.66. The van der Waals surface area contributed by atoms with E-state index >= 15 is 0 Å². The van der Waals surface area contributed by atoms with Crippen LogP contribution in [0.25, 0.3) is 0 Å². The van der Waals surface area contributed by atoms with Crippen molar-refractivity contribution in [2.75, 3.05) is 6.54 Å². The Labute approximate surface area is 96.0 Å². The molecule has 0 aromatic carbocycles. The molecule has 1 nitrogen and oxygen atoms in total. The predicted molar refractivity (Wildman–Crippen MR) is 68.0 cm³/mol. The van der Waals surface area contributed by atoms with Gasteiger partial charge in [-0.15, -0.1) is 0 Å². The first kappa shape index (κ1) is 13.0. The summed E-state index contributed by atoms with van der Waals surface area (Å²) < 4.78 is 0. The van der Waals surface area contributed by atoms with E-state index in [9.17, 15) is 0 Å². The topological polar surface area (TPSA) is 12.0 Å². The fourth-order valence-electron chi connectivity index (χ4n) is 2.28. The first-order valence-electron chi connectivity index (χ1n) is 6.57. The molecule has 1 saturated carbocycles. The van der Waals surface area contributed by atoms with Crippen LogP contribution >= 0.6 is 0 Å². The number of rotatable bonds is 5. The normalized spacial score (nSPS) is 32.8. The van der Waals surface area contributed by atoms with Gasteiger partial charge in [-0.2, -0.15) is 0 Å². The minimum absolute atomic E-state index is 0.429. The monoisotopic (exact) mass is 211 g/mol. The molecule has 0 aromatic heterocycles. The van der Waals surface area contributed by atoms with Crippen molar-refractivity contribution >= 4 is 0 Å². The van der Waals surface area contributed by atoms with Crippen molar-refractivity contribution in [3.8, 4) is 0 Å². The van der Waals surface area contributed by atoms with Crippen LogP contribution in [0, 0.1) is 17.3 Å². The van der Waals surface area contributed by atoms with Gasteiger partial charge >= 0.3 is 0 Å². The van der Waals surface area contributed by atoms with Crippen LogP contribution in [0.2, 0.25) is 0 Å². The summed E-state index contributed by atoms with van der Waals surface area (Å²) in [6, 6.07) is 0. The molecule has 1 rings (SSSR count). The minimum Gasteiger partial charge on any atom is -0.311 e. The van der Waals surface area contributed by atoms with Gasteiger partial charge in [-0.1, -0.05) is 48.0 Å². The number of hydrogen-bond acceptors (Lipinski definition) is 1. The highest BCUT2D eigenvalue weighted by atomic mass is 15.0. The van der Waals surface area contributed by atoms with Crippen LogP contribution in [-0.4, -0.2) is 12.1 Å². The van der Waals surface area contributed by atoms with Gasteiger partial charge in [0.15, 0.2) is 0 Å². The first-order chi connectivity index (χ1) is 6.82. The highest BCUT2D eigenvalue weighted by molar-refractivity contribution is 5.07. The van der Waals surface area contributed by atoms with Crippen molar-refractivity contribution in [2.45, 2.75) is 66.3 Å². The second kappa shape index (κ2) is 4.45. The van der Waals surface area contributed by atoms with Crippen LogP contribution in [0.4, 0.5) is 0 Å². The average Bonchev–Trinajstić information content (AvgIpc) is 2.72. The largest absolute Gasteiger partial charge is 0.311 e. The summed E-state index contributed by atoms with van der Waals surface area (Å²) in [7, 11) is 0. The van der Waals surface area contributed by atoms with E-state index in [1.807, 2.05) is 0 Å². The Bertz CT molecular complexity index is 204. The summed E-state index contributed by atoms with van der Waals surface area (Å²) >= 11 is 0. The molecule has 0 radical (unpaired) electrons. The summed E-state index contributed by atoms with van der Waals surface area (Å²) in [4.78, 5) is 0.